The van der Waals surface area contributed by atoms with Gasteiger partial charge in [0.25, 0.3) is 5.91 Å². The number of hydrogen-bond acceptors (Lipinski definition) is 2. The van der Waals surface area contributed by atoms with E-state index in [-0.39, 0.29) is 5.91 Å². The molecule has 1 atom stereocenters. The van der Waals surface area contributed by atoms with Crippen molar-refractivity contribution in [2.75, 3.05) is 5.32 Å². The van der Waals surface area contributed by atoms with Crippen LogP contribution in [-0.2, 0) is 0 Å². The van der Waals surface area contributed by atoms with Gasteiger partial charge in [0.2, 0.25) is 0 Å². The molecule has 3 nitrogen and oxygen atoms in total. The van der Waals surface area contributed by atoms with Crippen molar-refractivity contribution < 1.29 is 4.79 Å². The standard InChI is InChI=1S/C16H16Cl2N2O/c1-11-7-9-13(10-8-11)19-15(14(17)18)20-16(21)12-5-3-2-4-6-12/h2-10,14-15,19H,1H3,(H,20,21)/t15-/m0/s1. The lowest BCUT2D eigenvalue weighted by atomic mass is 10.2. The number of halogens is 2. The van der Waals surface area contributed by atoms with Crippen molar-refractivity contribution in [3.8, 4) is 0 Å². The van der Waals surface area contributed by atoms with Gasteiger partial charge in [0.15, 0.2) is 0 Å². The van der Waals surface area contributed by atoms with Crippen molar-refractivity contribution in [3.63, 3.8) is 0 Å². The fourth-order valence-electron chi connectivity index (χ4n) is 1.81. The average molecular weight is 323 g/mol. The van der Waals surface area contributed by atoms with E-state index < -0.39 is 11.0 Å². The Labute approximate surface area is 134 Å². The first kappa shape index (κ1) is 15.7. The first-order chi connectivity index (χ1) is 10.1. The molecule has 2 rings (SSSR count). The molecular weight excluding hydrogens is 307 g/mol. The molecule has 2 N–H and O–H groups in total. The van der Waals surface area contributed by atoms with E-state index in [1.54, 1.807) is 24.3 Å². The van der Waals surface area contributed by atoms with Crippen molar-refractivity contribution in [3.05, 3.63) is 65.7 Å². The molecule has 0 saturated heterocycles. The van der Waals surface area contributed by atoms with E-state index in [9.17, 15) is 4.79 Å². The Morgan fingerprint density at radius 1 is 1.00 bits per heavy atom. The van der Waals surface area contributed by atoms with Crippen molar-refractivity contribution in [2.24, 2.45) is 0 Å². The Balaban J connectivity index is 2.06. The normalized spacial score (nSPS) is 12.0. The maximum atomic E-state index is 12.1. The Hall–Kier alpha value is -1.71. The van der Waals surface area contributed by atoms with Gasteiger partial charge in [0.05, 0.1) is 0 Å². The van der Waals surface area contributed by atoms with E-state index in [2.05, 4.69) is 10.6 Å². The molecular formula is C16H16Cl2N2O. The van der Waals surface area contributed by atoms with Crippen LogP contribution in [0, 0.1) is 6.92 Å². The minimum absolute atomic E-state index is 0.230. The van der Waals surface area contributed by atoms with Crippen molar-refractivity contribution >= 4 is 34.8 Å². The summed E-state index contributed by atoms with van der Waals surface area (Å²) < 4.78 is 0. The zero-order valence-electron chi connectivity index (χ0n) is 11.5. The van der Waals surface area contributed by atoms with Crippen molar-refractivity contribution in [2.45, 2.75) is 17.9 Å². The van der Waals surface area contributed by atoms with Crippen LogP contribution in [0.15, 0.2) is 54.6 Å². The number of benzene rings is 2. The molecule has 0 fully saturated rings. The summed E-state index contributed by atoms with van der Waals surface area (Å²) in [7, 11) is 0. The summed E-state index contributed by atoms with van der Waals surface area (Å²) in [5, 5.41) is 5.89. The molecule has 0 unspecified atom stereocenters. The molecule has 0 aromatic heterocycles. The molecule has 2 aromatic rings. The van der Waals surface area contributed by atoms with E-state index in [0.717, 1.165) is 11.3 Å². The molecule has 0 aliphatic heterocycles. The molecule has 0 heterocycles. The minimum atomic E-state index is -0.779. The fourth-order valence-corrected chi connectivity index (χ4v) is 2.06. The number of carbonyl (C=O) groups excluding carboxylic acids is 1. The van der Waals surface area contributed by atoms with Crippen LogP contribution in [0.4, 0.5) is 5.69 Å². The summed E-state index contributed by atoms with van der Waals surface area (Å²) in [6.45, 7) is 2.00. The summed E-state index contributed by atoms with van der Waals surface area (Å²) >= 11 is 11.9. The maximum Gasteiger partial charge on any atom is 0.252 e. The lowest BCUT2D eigenvalue weighted by Gasteiger charge is -2.22. The Morgan fingerprint density at radius 3 is 2.19 bits per heavy atom. The minimum Gasteiger partial charge on any atom is -0.363 e. The predicted octanol–water partition coefficient (Wildman–Crippen LogP) is 3.97. The Bertz CT molecular complexity index is 585. The number of carbonyl (C=O) groups is 1. The third-order valence-corrected chi connectivity index (χ3v) is 3.45. The van der Waals surface area contributed by atoms with Gasteiger partial charge in [0.1, 0.15) is 11.0 Å². The van der Waals surface area contributed by atoms with Gasteiger partial charge in [-0.3, -0.25) is 4.79 Å². The van der Waals surface area contributed by atoms with E-state index in [1.807, 2.05) is 37.3 Å². The molecule has 0 aliphatic carbocycles. The maximum absolute atomic E-state index is 12.1. The second-order valence-corrected chi connectivity index (χ2v) is 5.83. The second kappa shape index (κ2) is 7.34. The zero-order chi connectivity index (χ0) is 15.2. The summed E-state index contributed by atoms with van der Waals surface area (Å²) in [4.78, 5) is 11.4. The van der Waals surface area contributed by atoms with E-state index >= 15 is 0 Å². The monoisotopic (exact) mass is 322 g/mol. The molecule has 21 heavy (non-hydrogen) atoms. The quantitative estimate of drug-likeness (QED) is 0.646. The van der Waals surface area contributed by atoms with Crippen LogP contribution in [0.1, 0.15) is 15.9 Å². The van der Waals surface area contributed by atoms with Crippen LogP contribution < -0.4 is 10.6 Å². The third-order valence-electron chi connectivity index (χ3n) is 2.95. The molecule has 0 bridgehead atoms. The molecule has 5 heteroatoms. The number of rotatable bonds is 5. The van der Waals surface area contributed by atoms with Crippen molar-refractivity contribution in [1.29, 1.82) is 0 Å². The third kappa shape index (κ3) is 4.66. The van der Waals surface area contributed by atoms with Crippen LogP contribution in [-0.4, -0.2) is 16.9 Å². The highest BCUT2D eigenvalue weighted by Crippen LogP contribution is 2.15. The Kier molecular flexibility index (Phi) is 5.48. The van der Waals surface area contributed by atoms with Gasteiger partial charge in [-0.05, 0) is 31.2 Å². The topological polar surface area (TPSA) is 41.1 Å². The number of anilines is 1. The van der Waals surface area contributed by atoms with Gasteiger partial charge in [-0.15, -0.1) is 23.2 Å². The number of alkyl halides is 2. The van der Waals surface area contributed by atoms with E-state index in [0.29, 0.717) is 5.56 Å². The lowest BCUT2D eigenvalue weighted by molar-refractivity contribution is 0.0943. The molecule has 2 aromatic carbocycles. The van der Waals surface area contributed by atoms with Crippen LogP contribution in [0.3, 0.4) is 0 Å². The van der Waals surface area contributed by atoms with Gasteiger partial charge in [-0.1, -0.05) is 35.9 Å². The zero-order valence-corrected chi connectivity index (χ0v) is 13.0. The highest BCUT2D eigenvalue weighted by molar-refractivity contribution is 6.45. The van der Waals surface area contributed by atoms with Crippen LogP contribution in [0.5, 0.6) is 0 Å². The van der Waals surface area contributed by atoms with Crippen LogP contribution >= 0.6 is 23.2 Å². The molecule has 110 valence electrons. The highest BCUT2D eigenvalue weighted by atomic mass is 35.5. The SMILES string of the molecule is Cc1ccc(N[C@@H](NC(=O)c2ccccc2)C(Cl)Cl)cc1. The number of hydrogen-bond donors (Lipinski definition) is 2. The van der Waals surface area contributed by atoms with Gasteiger partial charge in [-0.2, -0.15) is 0 Å². The summed E-state index contributed by atoms with van der Waals surface area (Å²) in [5.74, 6) is -0.230. The largest absolute Gasteiger partial charge is 0.363 e. The average Bonchev–Trinajstić information content (AvgIpc) is 2.49. The summed E-state index contributed by atoms with van der Waals surface area (Å²) in [6.07, 6.45) is -0.580. The van der Waals surface area contributed by atoms with Gasteiger partial charge < -0.3 is 10.6 Å². The van der Waals surface area contributed by atoms with Gasteiger partial charge in [0, 0.05) is 11.3 Å². The van der Waals surface area contributed by atoms with Crippen molar-refractivity contribution in [1.82, 2.24) is 5.32 Å². The smallest absolute Gasteiger partial charge is 0.252 e. The summed E-state index contributed by atoms with van der Waals surface area (Å²) in [5.41, 5.74) is 2.55. The molecule has 0 spiro atoms. The Morgan fingerprint density at radius 2 is 1.62 bits per heavy atom. The van der Waals surface area contributed by atoms with Gasteiger partial charge in [-0.25, -0.2) is 0 Å². The van der Waals surface area contributed by atoms with Gasteiger partial charge >= 0.3 is 0 Å². The molecule has 0 aliphatic rings. The highest BCUT2D eigenvalue weighted by Gasteiger charge is 2.19. The summed E-state index contributed by atoms with van der Waals surface area (Å²) in [6, 6.07) is 16.7. The fraction of sp³-hybridized carbons (Fsp3) is 0.188. The van der Waals surface area contributed by atoms with Crippen LogP contribution in [0.25, 0.3) is 0 Å². The predicted molar refractivity (Wildman–Crippen MR) is 88.0 cm³/mol. The number of nitrogens with one attached hydrogen (secondary N) is 2. The first-order valence-electron chi connectivity index (χ1n) is 6.53. The van der Waals surface area contributed by atoms with Crippen LogP contribution in [0.2, 0.25) is 0 Å². The number of aryl methyl sites for hydroxylation is 1. The number of amides is 1. The first-order valence-corrected chi connectivity index (χ1v) is 7.41. The molecule has 0 saturated carbocycles. The molecule has 1 amide bonds. The molecule has 0 radical (unpaired) electrons. The van der Waals surface area contributed by atoms with E-state index in [1.165, 1.54) is 0 Å². The van der Waals surface area contributed by atoms with E-state index in [4.69, 9.17) is 23.2 Å². The lowest BCUT2D eigenvalue weighted by Crippen LogP contribution is -2.44. The second-order valence-electron chi connectivity index (χ2n) is 4.66.